The van der Waals surface area contributed by atoms with Crippen molar-refractivity contribution < 1.29 is 13.2 Å². The number of sulfonamides is 1. The molecule has 6 nitrogen and oxygen atoms in total. The van der Waals surface area contributed by atoms with E-state index < -0.39 is 10.0 Å². The van der Waals surface area contributed by atoms with Crippen LogP contribution < -0.4 is 0 Å². The van der Waals surface area contributed by atoms with E-state index in [4.69, 9.17) is 4.74 Å². The minimum atomic E-state index is -3.13. The molecule has 0 spiro atoms. The second kappa shape index (κ2) is 8.14. The molecular weight excluding hydrogens is 334 g/mol. The first-order valence-corrected chi connectivity index (χ1v) is 10.0. The number of hydrogen-bond donors (Lipinski definition) is 0. The van der Waals surface area contributed by atoms with Crippen LogP contribution in [0.2, 0.25) is 0 Å². The molecule has 0 radical (unpaired) electrons. The number of benzene rings is 1. The summed E-state index contributed by atoms with van der Waals surface area (Å²) < 4.78 is 32.1. The Labute approximate surface area is 141 Å². The van der Waals surface area contributed by atoms with E-state index in [2.05, 4.69) is 9.55 Å². The summed E-state index contributed by atoms with van der Waals surface area (Å²) in [6, 6.07) is 7.98. The number of ether oxygens (including phenoxy) is 1. The molecule has 0 bridgehead atoms. The molecule has 0 amide bonds. The standard InChI is InChI=1S/C15H23N3O3S2/c1-17(2)23(19,20)12-6-11-22-15-16-13-7-4-5-8-14(13)18(15)9-10-21-3/h4-5,7-8H,6,9-12H2,1-3H3. The molecule has 0 aliphatic heterocycles. The van der Waals surface area contributed by atoms with Gasteiger partial charge < -0.3 is 9.30 Å². The summed E-state index contributed by atoms with van der Waals surface area (Å²) >= 11 is 1.59. The van der Waals surface area contributed by atoms with Gasteiger partial charge in [0.15, 0.2) is 5.16 Å². The Morgan fingerprint density at radius 1 is 1.30 bits per heavy atom. The Morgan fingerprint density at radius 3 is 2.74 bits per heavy atom. The normalized spacial score (nSPS) is 12.3. The van der Waals surface area contributed by atoms with Gasteiger partial charge in [-0.15, -0.1) is 0 Å². The minimum absolute atomic E-state index is 0.158. The van der Waals surface area contributed by atoms with E-state index in [1.165, 1.54) is 4.31 Å². The number of methoxy groups -OCH3 is 1. The summed E-state index contributed by atoms with van der Waals surface area (Å²) in [5.74, 6) is 0.870. The van der Waals surface area contributed by atoms with Gasteiger partial charge in [-0.3, -0.25) is 0 Å². The topological polar surface area (TPSA) is 64.4 Å². The van der Waals surface area contributed by atoms with Gasteiger partial charge in [0.05, 0.1) is 23.4 Å². The van der Waals surface area contributed by atoms with Crippen molar-refractivity contribution >= 4 is 32.8 Å². The average Bonchev–Trinajstić information content (AvgIpc) is 2.87. The average molecular weight is 358 g/mol. The van der Waals surface area contributed by atoms with Crippen LogP contribution in [0.4, 0.5) is 0 Å². The molecule has 0 saturated heterocycles. The van der Waals surface area contributed by atoms with Crippen LogP contribution >= 0.6 is 11.8 Å². The molecule has 0 unspecified atom stereocenters. The Bertz CT molecular complexity index is 742. The minimum Gasteiger partial charge on any atom is -0.383 e. The third-order valence-corrected chi connectivity index (χ3v) is 6.45. The van der Waals surface area contributed by atoms with Crippen LogP contribution in [0.15, 0.2) is 29.4 Å². The fourth-order valence-corrected chi connectivity index (χ4v) is 4.19. The largest absolute Gasteiger partial charge is 0.383 e. The fourth-order valence-electron chi connectivity index (χ4n) is 2.15. The SMILES string of the molecule is COCCn1c(SCCCS(=O)(=O)N(C)C)nc2ccccc21. The van der Waals surface area contributed by atoms with E-state index in [1.54, 1.807) is 33.0 Å². The van der Waals surface area contributed by atoms with Crippen LogP contribution in [0.3, 0.4) is 0 Å². The predicted octanol–water partition coefficient (Wildman–Crippen LogP) is 2.06. The second-order valence-corrected chi connectivity index (χ2v) is 8.69. The van der Waals surface area contributed by atoms with E-state index in [-0.39, 0.29) is 5.75 Å². The summed E-state index contributed by atoms with van der Waals surface area (Å²) in [5, 5.41) is 0.908. The molecule has 2 aromatic rings. The highest BCUT2D eigenvalue weighted by Gasteiger charge is 2.14. The molecule has 8 heteroatoms. The molecular formula is C15H23N3O3S2. The van der Waals surface area contributed by atoms with Crippen LogP contribution in [0, 0.1) is 0 Å². The van der Waals surface area contributed by atoms with E-state index in [0.717, 1.165) is 22.7 Å². The first-order chi connectivity index (χ1) is 11.0. The quantitative estimate of drug-likeness (QED) is 0.508. The summed E-state index contributed by atoms with van der Waals surface area (Å²) in [7, 11) is 1.67. The number of thioether (sulfide) groups is 1. The van der Waals surface area contributed by atoms with Gasteiger partial charge in [0.2, 0.25) is 10.0 Å². The van der Waals surface area contributed by atoms with Crippen LogP contribution in [0.25, 0.3) is 11.0 Å². The molecule has 0 aliphatic carbocycles. The van der Waals surface area contributed by atoms with Crippen molar-refractivity contribution in [1.82, 2.24) is 13.9 Å². The number of imidazole rings is 1. The Kier molecular flexibility index (Phi) is 6.46. The summed E-state index contributed by atoms with van der Waals surface area (Å²) in [5.41, 5.74) is 2.03. The lowest BCUT2D eigenvalue weighted by Crippen LogP contribution is -2.25. The van der Waals surface area contributed by atoms with Gasteiger partial charge in [0.25, 0.3) is 0 Å². The molecule has 1 aromatic heterocycles. The Morgan fingerprint density at radius 2 is 2.04 bits per heavy atom. The first kappa shape index (κ1) is 18.3. The second-order valence-electron chi connectivity index (χ2n) is 5.33. The Balaban J connectivity index is 2.04. The number of hydrogen-bond acceptors (Lipinski definition) is 5. The maximum absolute atomic E-state index is 11.8. The zero-order valence-electron chi connectivity index (χ0n) is 13.7. The van der Waals surface area contributed by atoms with Crippen molar-refractivity contribution in [3.05, 3.63) is 24.3 Å². The van der Waals surface area contributed by atoms with Crippen LogP contribution in [0.1, 0.15) is 6.42 Å². The van der Waals surface area contributed by atoms with Crippen molar-refractivity contribution in [2.75, 3.05) is 39.3 Å². The van der Waals surface area contributed by atoms with Crippen LogP contribution in [-0.2, 0) is 21.3 Å². The molecule has 128 valence electrons. The highest BCUT2D eigenvalue weighted by molar-refractivity contribution is 7.99. The molecule has 23 heavy (non-hydrogen) atoms. The molecule has 0 atom stereocenters. The van der Waals surface area contributed by atoms with Gasteiger partial charge >= 0.3 is 0 Å². The zero-order chi connectivity index (χ0) is 16.9. The maximum Gasteiger partial charge on any atom is 0.213 e. The monoisotopic (exact) mass is 357 g/mol. The third-order valence-electron chi connectivity index (χ3n) is 3.47. The van der Waals surface area contributed by atoms with Crippen molar-refractivity contribution in [2.45, 2.75) is 18.1 Å². The van der Waals surface area contributed by atoms with Crippen LogP contribution in [0.5, 0.6) is 0 Å². The number of para-hydroxylation sites is 2. The molecule has 0 fully saturated rings. The summed E-state index contributed by atoms with van der Waals surface area (Å²) in [6.07, 6.45) is 0.596. The van der Waals surface area contributed by atoms with Gasteiger partial charge in [-0.1, -0.05) is 23.9 Å². The smallest absolute Gasteiger partial charge is 0.213 e. The first-order valence-electron chi connectivity index (χ1n) is 7.43. The predicted molar refractivity (Wildman–Crippen MR) is 94.4 cm³/mol. The van der Waals surface area contributed by atoms with Gasteiger partial charge in [0, 0.05) is 33.5 Å². The van der Waals surface area contributed by atoms with Crippen molar-refractivity contribution in [2.24, 2.45) is 0 Å². The lowest BCUT2D eigenvalue weighted by atomic mass is 10.3. The lowest BCUT2D eigenvalue weighted by Gasteiger charge is -2.11. The molecule has 1 heterocycles. The number of nitrogens with zero attached hydrogens (tertiary/aromatic N) is 3. The maximum atomic E-state index is 11.8. The lowest BCUT2D eigenvalue weighted by molar-refractivity contribution is 0.186. The molecule has 0 N–H and O–H groups in total. The third kappa shape index (κ3) is 4.69. The molecule has 2 rings (SSSR count). The van der Waals surface area contributed by atoms with E-state index >= 15 is 0 Å². The number of aromatic nitrogens is 2. The van der Waals surface area contributed by atoms with Crippen molar-refractivity contribution in [3.8, 4) is 0 Å². The van der Waals surface area contributed by atoms with E-state index in [1.807, 2.05) is 24.3 Å². The van der Waals surface area contributed by atoms with Gasteiger partial charge in [0.1, 0.15) is 0 Å². The zero-order valence-corrected chi connectivity index (χ0v) is 15.4. The van der Waals surface area contributed by atoms with Gasteiger partial charge in [-0.2, -0.15) is 0 Å². The highest BCUT2D eigenvalue weighted by Crippen LogP contribution is 2.24. The summed E-state index contributed by atoms with van der Waals surface area (Å²) in [6.45, 7) is 1.35. The van der Waals surface area contributed by atoms with E-state index in [0.29, 0.717) is 18.8 Å². The van der Waals surface area contributed by atoms with E-state index in [9.17, 15) is 8.42 Å². The van der Waals surface area contributed by atoms with Gasteiger partial charge in [-0.25, -0.2) is 17.7 Å². The molecule has 1 aromatic carbocycles. The summed E-state index contributed by atoms with van der Waals surface area (Å²) in [4.78, 5) is 4.65. The van der Waals surface area contributed by atoms with Crippen LogP contribution in [-0.4, -0.2) is 61.6 Å². The Hall–Kier alpha value is -1.09. The number of fused-ring (bicyclic) bond motifs is 1. The number of rotatable bonds is 9. The van der Waals surface area contributed by atoms with Gasteiger partial charge in [-0.05, 0) is 18.6 Å². The molecule has 0 saturated carbocycles. The van der Waals surface area contributed by atoms with Crippen molar-refractivity contribution in [3.63, 3.8) is 0 Å². The highest BCUT2D eigenvalue weighted by atomic mass is 32.2. The van der Waals surface area contributed by atoms with Crippen molar-refractivity contribution in [1.29, 1.82) is 0 Å². The fraction of sp³-hybridized carbons (Fsp3) is 0.533. The molecule has 0 aliphatic rings.